The standard InChI is InChI=1S/C19H36N4O2.2ClH/c20-10-6-2-1-5-9-18(24)23-15-13-21(14-16-23)17-19(25)22-11-7-3-4-8-12-22;;/h1-17,20H2;2*1H. The second-order valence-corrected chi connectivity index (χ2v) is 7.40. The summed E-state index contributed by atoms with van der Waals surface area (Å²) in [7, 11) is 0. The van der Waals surface area contributed by atoms with Gasteiger partial charge in [0.15, 0.2) is 0 Å². The first kappa shape index (κ1) is 26.4. The number of rotatable bonds is 8. The Balaban J connectivity index is 0.00000338. The van der Waals surface area contributed by atoms with E-state index in [2.05, 4.69) is 4.90 Å². The van der Waals surface area contributed by atoms with Gasteiger partial charge in [-0.25, -0.2) is 0 Å². The van der Waals surface area contributed by atoms with Gasteiger partial charge in [0.1, 0.15) is 0 Å². The molecule has 0 bridgehead atoms. The van der Waals surface area contributed by atoms with Crippen molar-refractivity contribution in [2.75, 3.05) is 52.4 Å². The number of unbranched alkanes of at least 4 members (excludes halogenated alkanes) is 3. The highest BCUT2D eigenvalue weighted by Gasteiger charge is 2.24. The van der Waals surface area contributed by atoms with Gasteiger partial charge in [-0.05, 0) is 32.2 Å². The second kappa shape index (κ2) is 15.4. The minimum atomic E-state index is 0. The van der Waals surface area contributed by atoms with E-state index in [9.17, 15) is 9.59 Å². The number of amides is 2. The van der Waals surface area contributed by atoms with Crippen molar-refractivity contribution in [1.82, 2.24) is 14.7 Å². The van der Waals surface area contributed by atoms with Gasteiger partial charge in [0.25, 0.3) is 0 Å². The van der Waals surface area contributed by atoms with Crippen LogP contribution in [-0.2, 0) is 9.59 Å². The van der Waals surface area contributed by atoms with Crippen LogP contribution < -0.4 is 5.73 Å². The Hall–Kier alpha value is -0.560. The van der Waals surface area contributed by atoms with Crippen molar-refractivity contribution in [2.45, 2.75) is 57.8 Å². The van der Waals surface area contributed by atoms with Crippen molar-refractivity contribution in [2.24, 2.45) is 5.73 Å². The molecule has 6 nitrogen and oxygen atoms in total. The average Bonchev–Trinajstić information content (AvgIpc) is 2.91. The summed E-state index contributed by atoms with van der Waals surface area (Å²) in [5.41, 5.74) is 5.48. The van der Waals surface area contributed by atoms with E-state index in [4.69, 9.17) is 5.73 Å². The third kappa shape index (κ3) is 9.97. The Morgan fingerprint density at radius 2 is 1.22 bits per heavy atom. The molecule has 0 radical (unpaired) electrons. The Morgan fingerprint density at radius 3 is 1.81 bits per heavy atom. The molecule has 2 rings (SSSR count). The lowest BCUT2D eigenvalue weighted by Gasteiger charge is -2.35. The first-order valence-electron chi connectivity index (χ1n) is 10.2. The topological polar surface area (TPSA) is 69.9 Å². The lowest BCUT2D eigenvalue weighted by Crippen LogP contribution is -2.51. The Bertz CT molecular complexity index is 411. The molecule has 0 aromatic carbocycles. The van der Waals surface area contributed by atoms with Crippen LogP contribution in [0, 0.1) is 0 Å². The van der Waals surface area contributed by atoms with Gasteiger partial charge in [0.05, 0.1) is 6.54 Å². The van der Waals surface area contributed by atoms with E-state index in [1.54, 1.807) is 0 Å². The number of nitrogens with zero attached hydrogens (tertiary/aromatic N) is 3. The third-order valence-corrected chi connectivity index (χ3v) is 5.39. The van der Waals surface area contributed by atoms with Crippen molar-refractivity contribution in [3.05, 3.63) is 0 Å². The maximum atomic E-state index is 12.5. The van der Waals surface area contributed by atoms with Crippen LogP contribution in [-0.4, -0.2) is 78.9 Å². The van der Waals surface area contributed by atoms with E-state index < -0.39 is 0 Å². The molecule has 27 heavy (non-hydrogen) atoms. The van der Waals surface area contributed by atoms with Gasteiger partial charge >= 0.3 is 0 Å². The maximum Gasteiger partial charge on any atom is 0.236 e. The summed E-state index contributed by atoms with van der Waals surface area (Å²) in [5.74, 6) is 0.535. The number of hydrogen-bond acceptors (Lipinski definition) is 4. The Kier molecular flexibility index (Phi) is 15.1. The summed E-state index contributed by atoms with van der Waals surface area (Å²) in [6, 6.07) is 0. The molecule has 0 aliphatic carbocycles. The Morgan fingerprint density at radius 1 is 0.667 bits per heavy atom. The van der Waals surface area contributed by atoms with Gasteiger partial charge in [-0.15, -0.1) is 24.8 Å². The second-order valence-electron chi connectivity index (χ2n) is 7.40. The van der Waals surface area contributed by atoms with Gasteiger partial charge in [0.2, 0.25) is 11.8 Å². The number of carbonyl (C=O) groups excluding carboxylic acids is 2. The molecule has 160 valence electrons. The number of carbonyl (C=O) groups is 2. The molecule has 2 saturated heterocycles. The fraction of sp³-hybridized carbons (Fsp3) is 0.895. The first-order valence-corrected chi connectivity index (χ1v) is 10.2. The van der Waals surface area contributed by atoms with Crippen LogP contribution in [0.1, 0.15) is 57.8 Å². The molecule has 0 saturated carbocycles. The van der Waals surface area contributed by atoms with Gasteiger partial charge < -0.3 is 15.5 Å². The summed E-state index contributed by atoms with van der Waals surface area (Å²) in [6.07, 6.45) is 9.65. The normalized spacial score (nSPS) is 18.3. The molecule has 0 unspecified atom stereocenters. The van der Waals surface area contributed by atoms with Crippen LogP contribution in [0.4, 0.5) is 0 Å². The molecule has 2 amide bonds. The SMILES string of the molecule is Cl.Cl.NCCCCCCC(=O)N1CCN(CC(=O)N2CCCCCC2)CC1. The molecular formula is C19H38Cl2N4O2. The fourth-order valence-electron chi connectivity index (χ4n) is 3.70. The molecule has 0 aromatic rings. The highest BCUT2D eigenvalue weighted by molar-refractivity contribution is 5.85. The van der Waals surface area contributed by atoms with Crippen molar-refractivity contribution < 1.29 is 9.59 Å². The molecule has 2 heterocycles. The summed E-state index contributed by atoms with van der Waals surface area (Å²) < 4.78 is 0. The summed E-state index contributed by atoms with van der Waals surface area (Å²) >= 11 is 0. The number of piperazine rings is 1. The molecule has 8 heteroatoms. The van der Waals surface area contributed by atoms with Crippen molar-refractivity contribution in [1.29, 1.82) is 0 Å². The molecule has 2 aliphatic rings. The lowest BCUT2D eigenvalue weighted by molar-refractivity contribution is -0.135. The van der Waals surface area contributed by atoms with Crippen LogP contribution in [0.25, 0.3) is 0 Å². The van der Waals surface area contributed by atoms with Gasteiger partial charge in [0, 0.05) is 45.7 Å². The maximum absolute atomic E-state index is 12.5. The van der Waals surface area contributed by atoms with E-state index in [1.165, 1.54) is 12.8 Å². The predicted molar refractivity (Wildman–Crippen MR) is 115 cm³/mol. The van der Waals surface area contributed by atoms with Crippen LogP contribution >= 0.6 is 24.8 Å². The van der Waals surface area contributed by atoms with E-state index in [1.807, 2.05) is 9.80 Å². The van der Waals surface area contributed by atoms with Crippen LogP contribution in [0.5, 0.6) is 0 Å². The monoisotopic (exact) mass is 424 g/mol. The fourth-order valence-corrected chi connectivity index (χ4v) is 3.70. The highest BCUT2D eigenvalue weighted by atomic mass is 35.5. The minimum absolute atomic E-state index is 0. The number of likely N-dealkylation sites (tertiary alicyclic amines) is 1. The lowest BCUT2D eigenvalue weighted by atomic mass is 10.1. The molecule has 2 fully saturated rings. The quantitative estimate of drug-likeness (QED) is 0.606. The van der Waals surface area contributed by atoms with E-state index in [-0.39, 0.29) is 36.6 Å². The molecule has 2 aliphatic heterocycles. The van der Waals surface area contributed by atoms with Gasteiger partial charge in [-0.2, -0.15) is 0 Å². The molecule has 2 N–H and O–H groups in total. The van der Waals surface area contributed by atoms with Crippen molar-refractivity contribution >= 4 is 36.6 Å². The zero-order valence-electron chi connectivity index (χ0n) is 16.6. The van der Waals surface area contributed by atoms with Crippen LogP contribution in [0.15, 0.2) is 0 Å². The molecule has 0 aromatic heterocycles. The number of hydrogen-bond donors (Lipinski definition) is 1. The summed E-state index contributed by atoms with van der Waals surface area (Å²) in [4.78, 5) is 30.9. The molecular weight excluding hydrogens is 387 g/mol. The van der Waals surface area contributed by atoms with Crippen LogP contribution in [0.2, 0.25) is 0 Å². The number of halogens is 2. The summed E-state index contributed by atoms with van der Waals surface area (Å²) in [5, 5.41) is 0. The summed E-state index contributed by atoms with van der Waals surface area (Å²) in [6.45, 7) is 6.25. The van der Waals surface area contributed by atoms with Crippen LogP contribution in [0.3, 0.4) is 0 Å². The largest absolute Gasteiger partial charge is 0.342 e. The predicted octanol–water partition coefficient (Wildman–Crippen LogP) is 2.29. The zero-order valence-corrected chi connectivity index (χ0v) is 18.2. The van der Waals surface area contributed by atoms with Crippen molar-refractivity contribution in [3.8, 4) is 0 Å². The highest BCUT2D eigenvalue weighted by Crippen LogP contribution is 2.12. The molecule has 0 spiro atoms. The zero-order chi connectivity index (χ0) is 17.9. The number of nitrogens with two attached hydrogens (primary N) is 1. The van der Waals surface area contributed by atoms with Gasteiger partial charge in [-0.3, -0.25) is 14.5 Å². The van der Waals surface area contributed by atoms with E-state index in [0.29, 0.717) is 13.0 Å². The molecule has 0 atom stereocenters. The first-order chi connectivity index (χ1) is 12.2. The van der Waals surface area contributed by atoms with E-state index >= 15 is 0 Å². The smallest absolute Gasteiger partial charge is 0.236 e. The minimum Gasteiger partial charge on any atom is -0.342 e. The Labute approximate surface area is 177 Å². The third-order valence-electron chi connectivity index (χ3n) is 5.39. The van der Waals surface area contributed by atoms with Crippen molar-refractivity contribution in [3.63, 3.8) is 0 Å². The van der Waals surface area contributed by atoms with E-state index in [0.717, 1.165) is 84.3 Å². The average molecular weight is 425 g/mol. The van der Waals surface area contributed by atoms with Gasteiger partial charge in [-0.1, -0.05) is 25.7 Å².